The van der Waals surface area contributed by atoms with Crippen LogP contribution in [0.2, 0.25) is 0 Å². The monoisotopic (exact) mass is 456 g/mol. The number of guanidine groups is 1. The zero-order valence-electron chi connectivity index (χ0n) is 15.1. The molecule has 0 saturated heterocycles. The molecular formula is C18H29IN6. The first-order valence-electron chi connectivity index (χ1n) is 8.61. The van der Waals surface area contributed by atoms with Gasteiger partial charge in [0.1, 0.15) is 12.7 Å². The molecule has 7 heteroatoms. The molecular weight excluding hydrogens is 427 g/mol. The number of halogens is 1. The maximum absolute atomic E-state index is 4.30. The minimum absolute atomic E-state index is 0. The van der Waals surface area contributed by atoms with E-state index >= 15 is 0 Å². The summed E-state index contributed by atoms with van der Waals surface area (Å²) in [7, 11) is 1.82. The van der Waals surface area contributed by atoms with E-state index in [9.17, 15) is 0 Å². The Morgan fingerprint density at radius 2 is 1.88 bits per heavy atom. The van der Waals surface area contributed by atoms with Crippen molar-refractivity contribution in [2.45, 2.75) is 45.2 Å². The molecule has 6 nitrogen and oxygen atoms in total. The van der Waals surface area contributed by atoms with Gasteiger partial charge in [0, 0.05) is 26.2 Å². The number of aliphatic imine (C=N–C) groups is 1. The second-order valence-electron chi connectivity index (χ2n) is 5.98. The maximum atomic E-state index is 4.30. The van der Waals surface area contributed by atoms with Crippen molar-refractivity contribution in [3.8, 4) is 0 Å². The predicted octanol–water partition coefficient (Wildman–Crippen LogP) is 2.86. The first-order valence-corrected chi connectivity index (χ1v) is 8.61. The van der Waals surface area contributed by atoms with Crippen LogP contribution in [-0.4, -0.2) is 40.4 Å². The molecule has 1 atom stereocenters. The molecule has 0 radical (unpaired) electrons. The van der Waals surface area contributed by atoms with Gasteiger partial charge in [-0.15, -0.1) is 34.2 Å². The van der Waals surface area contributed by atoms with Gasteiger partial charge in [-0.1, -0.05) is 30.3 Å². The van der Waals surface area contributed by atoms with Gasteiger partial charge in [0.05, 0.1) is 0 Å². The lowest BCUT2D eigenvalue weighted by Crippen LogP contribution is -2.42. The summed E-state index contributed by atoms with van der Waals surface area (Å²) in [5, 5.41) is 14.4. The fraction of sp³-hybridized carbons (Fsp3) is 0.500. The van der Waals surface area contributed by atoms with Gasteiger partial charge >= 0.3 is 0 Å². The highest BCUT2D eigenvalue weighted by Crippen LogP contribution is 2.04. The van der Waals surface area contributed by atoms with Crippen LogP contribution in [0.4, 0.5) is 0 Å². The number of aromatic nitrogens is 3. The molecule has 0 saturated carbocycles. The number of nitrogens with zero attached hydrogens (tertiary/aromatic N) is 4. The summed E-state index contributed by atoms with van der Waals surface area (Å²) in [6, 6.07) is 11.0. The number of nitrogens with one attached hydrogen (secondary N) is 2. The van der Waals surface area contributed by atoms with Crippen LogP contribution in [0.5, 0.6) is 0 Å². The van der Waals surface area contributed by atoms with Crippen LogP contribution >= 0.6 is 24.0 Å². The van der Waals surface area contributed by atoms with E-state index in [0.717, 1.165) is 44.7 Å². The summed E-state index contributed by atoms with van der Waals surface area (Å²) < 4.78 is 2.00. The second kappa shape index (κ2) is 12.7. The van der Waals surface area contributed by atoms with Crippen LogP contribution < -0.4 is 10.6 Å². The van der Waals surface area contributed by atoms with Gasteiger partial charge in [0.2, 0.25) is 0 Å². The van der Waals surface area contributed by atoms with Gasteiger partial charge in [-0.2, -0.15) is 0 Å². The van der Waals surface area contributed by atoms with Gasteiger partial charge in [0.25, 0.3) is 0 Å². The lowest BCUT2D eigenvalue weighted by molar-refractivity contribution is 0.576. The molecule has 0 aliphatic heterocycles. The fourth-order valence-electron chi connectivity index (χ4n) is 2.49. The van der Waals surface area contributed by atoms with Crippen molar-refractivity contribution in [1.82, 2.24) is 25.4 Å². The Labute approximate surface area is 167 Å². The number of aryl methyl sites for hydroxylation is 2. The molecule has 25 heavy (non-hydrogen) atoms. The first-order chi connectivity index (χ1) is 11.8. The summed E-state index contributed by atoms with van der Waals surface area (Å²) in [5.41, 5.74) is 1.38. The van der Waals surface area contributed by atoms with E-state index in [1.54, 1.807) is 12.7 Å². The summed E-state index contributed by atoms with van der Waals surface area (Å²) in [5.74, 6) is 0.875. The van der Waals surface area contributed by atoms with Gasteiger partial charge in [-0.3, -0.25) is 4.99 Å². The summed E-state index contributed by atoms with van der Waals surface area (Å²) >= 11 is 0. The van der Waals surface area contributed by atoms with Crippen LogP contribution in [-0.2, 0) is 13.0 Å². The van der Waals surface area contributed by atoms with Crippen LogP contribution in [0.15, 0.2) is 48.0 Å². The van der Waals surface area contributed by atoms with Gasteiger partial charge in [-0.05, 0) is 38.2 Å². The predicted molar refractivity (Wildman–Crippen MR) is 113 cm³/mol. The molecule has 1 aromatic heterocycles. The van der Waals surface area contributed by atoms with Crippen molar-refractivity contribution in [3.63, 3.8) is 0 Å². The Morgan fingerprint density at radius 1 is 1.16 bits per heavy atom. The van der Waals surface area contributed by atoms with Crippen molar-refractivity contribution in [2.75, 3.05) is 13.6 Å². The molecule has 0 amide bonds. The minimum Gasteiger partial charge on any atom is -0.356 e. The molecule has 1 unspecified atom stereocenters. The van der Waals surface area contributed by atoms with E-state index in [2.05, 4.69) is 63.1 Å². The third kappa shape index (κ3) is 8.85. The Bertz CT molecular complexity index is 585. The zero-order chi connectivity index (χ0) is 17.0. The van der Waals surface area contributed by atoms with Crippen molar-refractivity contribution in [2.24, 2.45) is 4.99 Å². The largest absolute Gasteiger partial charge is 0.356 e. The van der Waals surface area contributed by atoms with E-state index in [1.807, 2.05) is 11.6 Å². The van der Waals surface area contributed by atoms with E-state index < -0.39 is 0 Å². The van der Waals surface area contributed by atoms with E-state index in [0.29, 0.717) is 6.04 Å². The Morgan fingerprint density at radius 3 is 2.56 bits per heavy atom. The molecule has 1 heterocycles. The smallest absolute Gasteiger partial charge is 0.191 e. The molecule has 2 N–H and O–H groups in total. The van der Waals surface area contributed by atoms with Crippen molar-refractivity contribution in [3.05, 3.63) is 48.5 Å². The van der Waals surface area contributed by atoms with Crippen LogP contribution in [0.1, 0.15) is 31.7 Å². The average molecular weight is 456 g/mol. The molecule has 2 aromatic rings. The van der Waals surface area contributed by atoms with E-state index in [4.69, 9.17) is 0 Å². The third-order valence-corrected chi connectivity index (χ3v) is 3.92. The number of hydrogen-bond acceptors (Lipinski definition) is 3. The molecule has 0 fully saturated rings. The van der Waals surface area contributed by atoms with E-state index in [-0.39, 0.29) is 24.0 Å². The number of rotatable bonds is 9. The molecule has 2 rings (SSSR count). The highest BCUT2D eigenvalue weighted by atomic mass is 127. The zero-order valence-corrected chi connectivity index (χ0v) is 17.4. The standard InChI is InChI=1S/C18H28N6.HI/c1-16(10-11-17-8-4-3-5-9-17)23-18(19-2)20-12-6-7-13-24-14-21-22-15-24;/h3-5,8-9,14-16H,6-7,10-13H2,1-2H3,(H2,19,20,23);1H. The molecule has 1 aromatic carbocycles. The molecule has 138 valence electrons. The van der Waals surface area contributed by atoms with Crippen molar-refractivity contribution >= 4 is 29.9 Å². The summed E-state index contributed by atoms with van der Waals surface area (Å²) in [6.07, 6.45) is 7.83. The number of unbranched alkanes of at least 4 members (excludes halogenated alkanes) is 1. The van der Waals surface area contributed by atoms with Gasteiger partial charge < -0.3 is 15.2 Å². The first kappa shape index (κ1) is 21.4. The quantitative estimate of drug-likeness (QED) is 0.264. The molecule has 0 aliphatic carbocycles. The minimum atomic E-state index is 0. The average Bonchev–Trinajstić information content (AvgIpc) is 3.13. The van der Waals surface area contributed by atoms with Gasteiger partial charge in [0.15, 0.2) is 5.96 Å². The normalized spacial score (nSPS) is 12.3. The fourth-order valence-corrected chi connectivity index (χ4v) is 2.49. The van der Waals surface area contributed by atoms with Crippen molar-refractivity contribution in [1.29, 1.82) is 0 Å². The molecule has 0 aliphatic rings. The number of hydrogen-bond donors (Lipinski definition) is 2. The Kier molecular flexibility index (Phi) is 10.9. The lowest BCUT2D eigenvalue weighted by Gasteiger charge is -2.18. The number of benzene rings is 1. The third-order valence-electron chi connectivity index (χ3n) is 3.92. The van der Waals surface area contributed by atoms with E-state index in [1.165, 1.54) is 5.56 Å². The van der Waals surface area contributed by atoms with Crippen LogP contribution in [0.25, 0.3) is 0 Å². The SMILES string of the molecule is CN=C(NCCCCn1cnnc1)NC(C)CCc1ccccc1.I. The summed E-state index contributed by atoms with van der Waals surface area (Å²) in [6.45, 7) is 4.06. The maximum Gasteiger partial charge on any atom is 0.191 e. The highest BCUT2D eigenvalue weighted by Gasteiger charge is 2.05. The van der Waals surface area contributed by atoms with Crippen molar-refractivity contribution < 1.29 is 0 Å². The second-order valence-corrected chi connectivity index (χ2v) is 5.98. The summed E-state index contributed by atoms with van der Waals surface area (Å²) in [4.78, 5) is 4.30. The Balaban J connectivity index is 0.00000312. The molecule has 0 bridgehead atoms. The Hall–Kier alpha value is -1.64. The van der Waals surface area contributed by atoms with Crippen LogP contribution in [0, 0.1) is 0 Å². The topological polar surface area (TPSA) is 67.1 Å². The molecule has 0 spiro atoms. The van der Waals surface area contributed by atoms with Gasteiger partial charge in [-0.25, -0.2) is 0 Å². The highest BCUT2D eigenvalue weighted by molar-refractivity contribution is 14.0. The lowest BCUT2D eigenvalue weighted by atomic mass is 10.1. The van der Waals surface area contributed by atoms with Crippen LogP contribution in [0.3, 0.4) is 0 Å².